The number of aryl methyl sites for hydroxylation is 1. The number of nitriles is 1. The Morgan fingerprint density at radius 3 is 3.00 bits per heavy atom. The Hall–Kier alpha value is -1.84. The molecule has 0 aromatic carbocycles. The van der Waals surface area contributed by atoms with Gasteiger partial charge in [-0.1, -0.05) is 0 Å². The van der Waals surface area contributed by atoms with Crippen molar-refractivity contribution in [2.24, 2.45) is 0 Å². The summed E-state index contributed by atoms with van der Waals surface area (Å²) in [4.78, 5) is 18.9. The number of nitrogens with zero attached hydrogens (tertiary/aromatic N) is 3. The van der Waals surface area contributed by atoms with E-state index < -0.39 is 6.10 Å². The topological polar surface area (TPSA) is 72.4 Å². The zero-order chi connectivity index (χ0) is 14.7. The van der Waals surface area contributed by atoms with Crippen molar-refractivity contribution in [2.45, 2.75) is 19.6 Å². The highest BCUT2D eigenvalue weighted by Crippen LogP contribution is 2.14. The molecule has 0 bridgehead atoms. The quantitative estimate of drug-likeness (QED) is 0.872. The minimum atomic E-state index is -0.398. The number of nitrogens with one attached hydrogen (secondary N) is 1. The fourth-order valence-electron chi connectivity index (χ4n) is 2.35. The van der Waals surface area contributed by atoms with Crippen molar-refractivity contribution in [1.29, 1.82) is 5.26 Å². The highest BCUT2D eigenvalue weighted by Gasteiger charge is 2.27. The van der Waals surface area contributed by atoms with Gasteiger partial charge < -0.3 is 14.6 Å². The van der Waals surface area contributed by atoms with Gasteiger partial charge in [0.15, 0.2) is 0 Å². The van der Waals surface area contributed by atoms with E-state index >= 15 is 0 Å². The van der Waals surface area contributed by atoms with Crippen molar-refractivity contribution in [3.63, 3.8) is 0 Å². The van der Waals surface area contributed by atoms with E-state index in [1.165, 1.54) is 0 Å². The Labute approximate surface area is 118 Å². The van der Waals surface area contributed by atoms with E-state index in [9.17, 15) is 4.79 Å². The van der Waals surface area contributed by atoms with Crippen LogP contribution in [0.2, 0.25) is 0 Å². The van der Waals surface area contributed by atoms with Gasteiger partial charge in [-0.25, -0.2) is 0 Å². The van der Waals surface area contributed by atoms with Gasteiger partial charge in [-0.05, 0) is 13.0 Å². The molecule has 1 N–H and O–H groups in total. The van der Waals surface area contributed by atoms with E-state index in [1.54, 1.807) is 19.0 Å². The number of ether oxygens (including phenoxy) is 1. The lowest BCUT2D eigenvalue weighted by Gasteiger charge is -2.32. The van der Waals surface area contributed by atoms with Gasteiger partial charge in [-0.3, -0.25) is 9.69 Å². The average Bonchev–Trinajstić information content (AvgIpc) is 2.78. The molecule has 1 aliphatic heterocycles. The van der Waals surface area contributed by atoms with E-state index in [1.807, 2.05) is 13.0 Å². The summed E-state index contributed by atoms with van der Waals surface area (Å²) in [6, 6.07) is 4.03. The van der Waals surface area contributed by atoms with Gasteiger partial charge in [0.1, 0.15) is 12.2 Å². The van der Waals surface area contributed by atoms with Crippen LogP contribution in [-0.4, -0.2) is 60.6 Å². The maximum atomic E-state index is 11.9. The number of carbonyl (C=O) groups excluding carboxylic acids is 1. The van der Waals surface area contributed by atoms with Crippen molar-refractivity contribution in [3.05, 3.63) is 23.0 Å². The molecule has 0 saturated carbocycles. The molecule has 0 radical (unpaired) electrons. The van der Waals surface area contributed by atoms with Crippen LogP contribution in [0.3, 0.4) is 0 Å². The molecule has 1 atom stereocenters. The Morgan fingerprint density at radius 2 is 2.40 bits per heavy atom. The highest BCUT2D eigenvalue weighted by molar-refractivity contribution is 5.80. The van der Waals surface area contributed by atoms with Crippen LogP contribution in [0, 0.1) is 18.3 Å². The van der Waals surface area contributed by atoms with Crippen molar-refractivity contribution in [3.8, 4) is 6.07 Å². The second-order valence-electron chi connectivity index (χ2n) is 5.27. The summed E-state index contributed by atoms with van der Waals surface area (Å²) in [5.41, 5.74) is 2.56. The second kappa shape index (κ2) is 6.07. The smallest absolute Gasteiger partial charge is 0.252 e. The third kappa shape index (κ3) is 3.18. The summed E-state index contributed by atoms with van der Waals surface area (Å²) in [7, 11) is 3.47. The van der Waals surface area contributed by atoms with Gasteiger partial charge >= 0.3 is 0 Å². The first-order valence-electron chi connectivity index (χ1n) is 6.65. The van der Waals surface area contributed by atoms with Crippen molar-refractivity contribution in [1.82, 2.24) is 14.8 Å². The molecule has 0 spiro atoms. The largest absolute Gasteiger partial charge is 0.366 e. The summed E-state index contributed by atoms with van der Waals surface area (Å²) >= 11 is 0. The monoisotopic (exact) mass is 276 g/mol. The van der Waals surface area contributed by atoms with Crippen LogP contribution in [0.5, 0.6) is 0 Å². The molecular weight excluding hydrogens is 256 g/mol. The number of hydrogen-bond donors (Lipinski definition) is 1. The number of H-pyrrole nitrogens is 1. The molecule has 1 amide bonds. The van der Waals surface area contributed by atoms with E-state index in [0.29, 0.717) is 25.3 Å². The molecule has 1 saturated heterocycles. The number of aromatic amines is 1. The molecule has 108 valence electrons. The number of rotatable bonds is 3. The van der Waals surface area contributed by atoms with Crippen LogP contribution in [-0.2, 0) is 16.1 Å². The first kappa shape index (κ1) is 14.6. The lowest BCUT2D eigenvalue weighted by Crippen LogP contribution is -2.49. The fraction of sp³-hybridized carbons (Fsp3) is 0.571. The summed E-state index contributed by atoms with van der Waals surface area (Å²) in [6.07, 6.45) is -0.398. The second-order valence-corrected chi connectivity index (χ2v) is 5.27. The molecule has 1 aliphatic rings. The van der Waals surface area contributed by atoms with Crippen LogP contribution in [0.15, 0.2) is 6.07 Å². The molecule has 6 heteroatoms. The van der Waals surface area contributed by atoms with Crippen LogP contribution >= 0.6 is 0 Å². The number of aromatic nitrogens is 1. The van der Waals surface area contributed by atoms with Crippen molar-refractivity contribution >= 4 is 5.91 Å². The van der Waals surface area contributed by atoms with E-state index in [4.69, 9.17) is 10.00 Å². The predicted molar refractivity (Wildman–Crippen MR) is 74.0 cm³/mol. The molecule has 6 nitrogen and oxygen atoms in total. The average molecular weight is 276 g/mol. The third-order valence-corrected chi connectivity index (χ3v) is 3.45. The van der Waals surface area contributed by atoms with Crippen LogP contribution in [0.4, 0.5) is 0 Å². The third-order valence-electron chi connectivity index (χ3n) is 3.45. The lowest BCUT2D eigenvalue weighted by atomic mass is 10.2. The molecular formula is C14H20N4O2. The van der Waals surface area contributed by atoms with Crippen molar-refractivity contribution in [2.75, 3.05) is 33.8 Å². The molecule has 0 aliphatic carbocycles. The van der Waals surface area contributed by atoms with E-state index in [0.717, 1.165) is 17.9 Å². The molecule has 20 heavy (non-hydrogen) atoms. The standard InChI is InChI=1S/C14H20N4O2/c1-10-11(7-15)6-12(16-10)8-18-4-5-20-13(9-18)14(19)17(2)3/h6,13,16H,4-5,8-9H2,1-3H3/t13-/m0/s1. The molecule has 1 aromatic heterocycles. The molecule has 0 unspecified atom stereocenters. The van der Waals surface area contributed by atoms with Gasteiger partial charge in [0.05, 0.1) is 12.2 Å². The summed E-state index contributed by atoms with van der Waals surface area (Å²) in [5, 5.41) is 8.96. The molecule has 2 heterocycles. The molecule has 1 fully saturated rings. The van der Waals surface area contributed by atoms with Crippen molar-refractivity contribution < 1.29 is 9.53 Å². The highest BCUT2D eigenvalue weighted by atomic mass is 16.5. The van der Waals surface area contributed by atoms with E-state index in [2.05, 4.69) is 16.0 Å². The van der Waals surface area contributed by atoms with Gasteiger partial charge in [-0.2, -0.15) is 5.26 Å². The van der Waals surface area contributed by atoms with Crippen LogP contribution in [0.1, 0.15) is 17.0 Å². The Kier molecular flexibility index (Phi) is 4.42. The normalized spacial score (nSPS) is 19.6. The Bertz CT molecular complexity index is 530. The lowest BCUT2D eigenvalue weighted by molar-refractivity contribution is -0.147. The fourth-order valence-corrected chi connectivity index (χ4v) is 2.35. The first-order valence-corrected chi connectivity index (χ1v) is 6.65. The predicted octanol–water partition coefficient (Wildman–Crippen LogP) is 0.484. The number of morpholine rings is 1. The number of amides is 1. The minimum absolute atomic E-state index is 0.00456. The maximum absolute atomic E-state index is 11.9. The van der Waals surface area contributed by atoms with E-state index in [-0.39, 0.29) is 5.91 Å². The van der Waals surface area contributed by atoms with Gasteiger partial charge in [0.2, 0.25) is 0 Å². The number of hydrogen-bond acceptors (Lipinski definition) is 4. The zero-order valence-corrected chi connectivity index (χ0v) is 12.1. The minimum Gasteiger partial charge on any atom is -0.366 e. The SMILES string of the molecule is Cc1[nH]c(CN2CCO[C@H](C(=O)N(C)C)C2)cc1C#N. The first-order chi connectivity index (χ1) is 9.51. The Balaban J connectivity index is 1.99. The van der Waals surface area contributed by atoms with Gasteiger partial charge in [0, 0.05) is 45.1 Å². The number of likely N-dealkylation sites (N-methyl/N-ethyl adjacent to an activating group) is 1. The van der Waals surface area contributed by atoms with Gasteiger partial charge in [0.25, 0.3) is 5.91 Å². The van der Waals surface area contributed by atoms with Crippen LogP contribution < -0.4 is 0 Å². The number of carbonyl (C=O) groups is 1. The Morgan fingerprint density at radius 1 is 1.65 bits per heavy atom. The molecule has 1 aromatic rings. The van der Waals surface area contributed by atoms with Gasteiger partial charge in [-0.15, -0.1) is 0 Å². The summed E-state index contributed by atoms with van der Waals surface area (Å²) in [6.45, 7) is 4.51. The summed E-state index contributed by atoms with van der Waals surface area (Å²) < 4.78 is 5.52. The molecule has 2 rings (SSSR count). The van der Waals surface area contributed by atoms with Crippen LogP contribution in [0.25, 0.3) is 0 Å². The summed E-state index contributed by atoms with van der Waals surface area (Å²) in [5.74, 6) is -0.00456. The zero-order valence-electron chi connectivity index (χ0n) is 12.1. The maximum Gasteiger partial charge on any atom is 0.252 e.